The molecule has 1 saturated heterocycles. The van der Waals surface area contributed by atoms with Gasteiger partial charge in [-0.15, -0.1) is 10.2 Å². The van der Waals surface area contributed by atoms with Gasteiger partial charge in [0.15, 0.2) is 5.82 Å². The van der Waals surface area contributed by atoms with Gasteiger partial charge in [0.25, 0.3) is 0 Å². The molecule has 7 heteroatoms. The van der Waals surface area contributed by atoms with Gasteiger partial charge in [-0.2, -0.15) is 5.21 Å². The number of rotatable bonds is 2. The average molecular weight is 263 g/mol. The van der Waals surface area contributed by atoms with Crippen LogP contribution >= 0.6 is 0 Å². The summed E-state index contributed by atoms with van der Waals surface area (Å²) in [6.07, 6.45) is 6.41. The molecule has 19 heavy (non-hydrogen) atoms. The van der Waals surface area contributed by atoms with Crippen molar-refractivity contribution in [1.29, 1.82) is 0 Å². The van der Waals surface area contributed by atoms with Crippen molar-refractivity contribution in [3.8, 4) is 0 Å². The van der Waals surface area contributed by atoms with Crippen molar-refractivity contribution in [2.24, 2.45) is 5.41 Å². The molecule has 1 aromatic heterocycles. The molecule has 7 nitrogen and oxygen atoms in total. The molecule has 1 spiro atoms. The number of hydrogen-bond donors (Lipinski definition) is 1. The minimum atomic E-state index is -0.447. The molecule has 0 atom stereocenters. The lowest BCUT2D eigenvalue weighted by atomic mass is 9.79. The quantitative estimate of drug-likeness (QED) is 0.797. The van der Waals surface area contributed by atoms with E-state index in [1.807, 2.05) is 0 Å². The predicted molar refractivity (Wildman–Crippen MR) is 64.5 cm³/mol. The number of imide groups is 1. The first kappa shape index (κ1) is 12.3. The molecule has 2 aliphatic rings. The van der Waals surface area contributed by atoms with Crippen LogP contribution in [0.2, 0.25) is 0 Å². The first-order valence-electron chi connectivity index (χ1n) is 6.78. The molecule has 2 heterocycles. The van der Waals surface area contributed by atoms with E-state index in [2.05, 4.69) is 20.6 Å². The minimum Gasteiger partial charge on any atom is -0.274 e. The number of carbonyl (C=O) groups is 2. The van der Waals surface area contributed by atoms with Crippen molar-refractivity contribution >= 4 is 11.8 Å². The van der Waals surface area contributed by atoms with Gasteiger partial charge in [0.1, 0.15) is 0 Å². The van der Waals surface area contributed by atoms with Crippen LogP contribution in [-0.2, 0) is 16.1 Å². The number of amides is 2. The number of aromatic amines is 1. The van der Waals surface area contributed by atoms with Gasteiger partial charge in [0, 0.05) is 6.42 Å². The fourth-order valence-corrected chi connectivity index (χ4v) is 3.21. The monoisotopic (exact) mass is 263 g/mol. The third-order valence-electron chi connectivity index (χ3n) is 4.24. The number of likely N-dealkylation sites (tertiary alicyclic amines) is 1. The first-order chi connectivity index (χ1) is 9.21. The number of H-pyrrole nitrogens is 1. The topological polar surface area (TPSA) is 91.8 Å². The minimum absolute atomic E-state index is 0.0378. The maximum Gasteiger partial charge on any atom is 0.236 e. The van der Waals surface area contributed by atoms with E-state index in [4.69, 9.17) is 0 Å². The lowest BCUT2D eigenvalue weighted by Gasteiger charge is -2.24. The van der Waals surface area contributed by atoms with Gasteiger partial charge in [-0.3, -0.25) is 14.5 Å². The van der Waals surface area contributed by atoms with Crippen LogP contribution in [0.15, 0.2) is 0 Å². The Kier molecular flexibility index (Phi) is 3.04. The molecule has 0 radical (unpaired) electrons. The summed E-state index contributed by atoms with van der Waals surface area (Å²) in [5.74, 6) is 0.244. The van der Waals surface area contributed by atoms with Gasteiger partial charge in [0.2, 0.25) is 11.8 Å². The van der Waals surface area contributed by atoms with Crippen molar-refractivity contribution in [2.75, 3.05) is 0 Å². The Balaban J connectivity index is 1.80. The Bertz CT molecular complexity index is 476. The maximum absolute atomic E-state index is 12.6. The number of tetrazole rings is 1. The van der Waals surface area contributed by atoms with Crippen molar-refractivity contribution in [2.45, 2.75) is 51.5 Å². The molecule has 2 fully saturated rings. The molecule has 0 unspecified atom stereocenters. The van der Waals surface area contributed by atoms with Crippen LogP contribution in [0.1, 0.15) is 50.8 Å². The maximum atomic E-state index is 12.6. The van der Waals surface area contributed by atoms with Crippen LogP contribution in [0.5, 0.6) is 0 Å². The number of nitrogens with one attached hydrogen (secondary N) is 1. The smallest absolute Gasteiger partial charge is 0.236 e. The van der Waals surface area contributed by atoms with E-state index in [9.17, 15) is 9.59 Å². The molecule has 1 aliphatic carbocycles. The Morgan fingerprint density at radius 3 is 2.53 bits per heavy atom. The zero-order chi connectivity index (χ0) is 13.3. The summed E-state index contributed by atoms with van der Waals surface area (Å²) >= 11 is 0. The molecule has 2 amide bonds. The normalized spacial score (nSPS) is 23.1. The third-order valence-corrected chi connectivity index (χ3v) is 4.24. The van der Waals surface area contributed by atoms with E-state index in [1.54, 1.807) is 0 Å². The summed E-state index contributed by atoms with van der Waals surface area (Å²) in [7, 11) is 0. The van der Waals surface area contributed by atoms with E-state index in [-0.39, 0.29) is 18.4 Å². The number of carbonyl (C=O) groups excluding carboxylic acids is 2. The summed E-state index contributed by atoms with van der Waals surface area (Å²) in [6.45, 7) is 0.135. The summed E-state index contributed by atoms with van der Waals surface area (Å²) < 4.78 is 0. The van der Waals surface area contributed by atoms with Crippen LogP contribution in [0, 0.1) is 5.41 Å². The van der Waals surface area contributed by atoms with E-state index < -0.39 is 5.41 Å². The van der Waals surface area contributed by atoms with Crippen molar-refractivity contribution in [3.63, 3.8) is 0 Å². The van der Waals surface area contributed by atoms with Crippen LogP contribution in [0.4, 0.5) is 0 Å². The molecule has 0 aromatic carbocycles. The van der Waals surface area contributed by atoms with Crippen molar-refractivity contribution < 1.29 is 9.59 Å². The zero-order valence-corrected chi connectivity index (χ0v) is 10.8. The van der Waals surface area contributed by atoms with Gasteiger partial charge in [0.05, 0.1) is 12.0 Å². The Hall–Kier alpha value is -1.79. The molecule has 3 rings (SSSR count). The summed E-state index contributed by atoms with van der Waals surface area (Å²) in [6, 6.07) is 0. The molecule has 1 aromatic rings. The van der Waals surface area contributed by atoms with Crippen molar-refractivity contribution in [3.05, 3.63) is 5.82 Å². The van der Waals surface area contributed by atoms with Gasteiger partial charge in [-0.1, -0.05) is 30.9 Å². The fraction of sp³-hybridized carbons (Fsp3) is 0.750. The number of hydrogen-bond acceptors (Lipinski definition) is 5. The SMILES string of the molecule is O=C1CC2(CCCCCC2)C(=O)N1Cc1nn[nH]n1. The number of aromatic nitrogens is 4. The second kappa shape index (κ2) is 4.71. The third kappa shape index (κ3) is 2.13. The number of nitrogens with zero attached hydrogens (tertiary/aromatic N) is 4. The molecule has 1 N–H and O–H groups in total. The van der Waals surface area contributed by atoms with E-state index >= 15 is 0 Å². The molecule has 0 bridgehead atoms. The second-order valence-corrected chi connectivity index (χ2v) is 5.48. The summed E-state index contributed by atoms with van der Waals surface area (Å²) in [4.78, 5) is 26.0. The first-order valence-corrected chi connectivity index (χ1v) is 6.78. The zero-order valence-electron chi connectivity index (χ0n) is 10.8. The highest BCUT2D eigenvalue weighted by molar-refractivity contribution is 6.05. The van der Waals surface area contributed by atoms with E-state index in [1.165, 1.54) is 4.90 Å². The Morgan fingerprint density at radius 2 is 1.89 bits per heavy atom. The highest BCUT2D eigenvalue weighted by atomic mass is 16.2. The fourth-order valence-electron chi connectivity index (χ4n) is 3.21. The second-order valence-electron chi connectivity index (χ2n) is 5.48. The van der Waals surface area contributed by atoms with Gasteiger partial charge in [-0.05, 0) is 12.8 Å². The summed E-state index contributed by atoms with van der Waals surface area (Å²) in [5, 5.41) is 13.4. The van der Waals surface area contributed by atoms with E-state index in [0.717, 1.165) is 38.5 Å². The van der Waals surface area contributed by atoms with Crippen LogP contribution in [-0.4, -0.2) is 37.3 Å². The van der Waals surface area contributed by atoms with E-state index in [0.29, 0.717) is 12.2 Å². The van der Waals surface area contributed by atoms with Crippen LogP contribution < -0.4 is 0 Å². The van der Waals surface area contributed by atoms with Crippen LogP contribution in [0.3, 0.4) is 0 Å². The molecule has 1 saturated carbocycles. The van der Waals surface area contributed by atoms with Crippen LogP contribution in [0.25, 0.3) is 0 Å². The average Bonchev–Trinajstić information content (AvgIpc) is 2.89. The van der Waals surface area contributed by atoms with Gasteiger partial charge >= 0.3 is 0 Å². The molecule has 1 aliphatic heterocycles. The largest absolute Gasteiger partial charge is 0.274 e. The van der Waals surface area contributed by atoms with Gasteiger partial charge in [-0.25, -0.2) is 0 Å². The standard InChI is InChI=1S/C12H17N5O2/c18-10-7-12(5-3-1-2-4-6-12)11(19)17(10)8-9-13-15-16-14-9/h1-8H2,(H,13,14,15,16). The molecule has 102 valence electrons. The molecular formula is C12H17N5O2. The Labute approximate surface area is 110 Å². The predicted octanol–water partition coefficient (Wildman–Crippen LogP) is 0.799. The summed E-state index contributed by atoms with van der Waals surface area (Å²) in [5.41, 5.74) is -0.447. The van der Waals surface area contributed by atoms with Gasteiger partial charge < -0.3 is 0 Å². The lowest BCUT2D eigenvalue weighted by molar-refractivity contribution is -0.142. The van der Waals surface area contributed by atoms with Crippen molar-refractivity contribution in [1.82, 2.24) is 25.5 Å². The Morgan fingerprint density at radius 1 is 1.16 bits per heavy atom. The highest BCUT2D eigenvalue weighted by Crippen LogP contribution is 2.44. The highest BCUT2D eigenvalue weighted by Gasteiger charge is 2.51. The molecular weight excluding hydrogens is 246 g/mol. The lowest BCUT2D eigenvalue weighted by Crippen LogP contribution is -2.35.